The van der Waals surface area contributed by atoms with E-state index < -0.39 is 0 Å². The zero-order valence-electron chi connectivity index (χ0n) is 9.79. The molecule has 0 amide bonds. The summed E-state index contributed by atoms with van der Waals surface area (Å²) in [6, 6.07) is 2.13. The topological polar surface area (TPSA) is 6.48 Å². The third-order valence-electron chi connectivity index (χ3n) is 3.10. The van der Waals surface area contributed by atoms with Crippen LogP contribution in [0, 0.1) is 0 Å². The molecular weight excluding hydrogens is 284 g/mol. The van der Waals surface area contributed by atoms with E-state index in [2.05, 4.69) is 44.2 Å². The van der Waals surface area contributed by atoms with Gasteiger partial charge in [-0.15, -0.1) is 11.3 Å². The molecule has 0 atom stereocenters. The highest BCUT2D eigenvalue weighted by Crippen LogP contribution is 2.23. The van der Waals surface area contributed by atoms with Gasteiger partial charge in [-0.2, -0.15) is 0 Å². The molecule has 2 rings (SSSR count). The molecule has 0 spiro atoms. The molecule has 2 nitrogen and oxygen atoms in total. The molecule has 16 heavy (non-hydrogen) atoms. The highest BCUT2D eigenvalue weighted by atomic mass is 79.9. The Morgan fingerprint density at radius 3 is 2.81 bits per heavy atom. The van der Waals surface area contributed by atoms with Crippen LogP contribution in [-0.2, 0) is 6.54 Å². The zero-order chi connectivity index (χ0) is 11.4. The first-order valence-electron chi connectivity index (χ1n) is 5.88. The smallest absolute Gasteiger partial charge is 0.0336 e. The number of likely N-dealkylation sites (tertiary alicyclic amines) is 1. The van der Waals surface area contributed by atoms with Crippen LogP contribution in [0.1, 0.15) is 17.7 Å². The van der Waals surface area contributed by atoms with E-state index in [1.807, 2.05) is 11.3 Å². The van der Waals surface area contributed by atoms with Crippen molar-refractivity contribution in [2.45, 2.75) is 19.4 Å². The van der Waals surface area contributed by atoms with Crippen molar-refractivity contribution in [2.24, 2.45) is 0 Å². The van der Waals surface area contributed by atoms with Crippen LogP contribution >= 0.6 is 27.3 Å². The van der Waals surface area contributed by atoms with E-state index in [-0.39, 0.29) is 0 Å². The van der Waals surface area contributed by atoms with Gasteiger partial charge in [-0.25, -0.2) is 0 Å². The van der Waals surface area contributed by atoms with Crippen LogP contribution in [0.15, 0.2) is 15.9 Å². The van der Waals surface area contributed by atoms with E-state index in [4.69, 9.17) is 0 Å². The average Bonchev–Trinajstić information content (AvgIpc) is 2.88. The summed E-state index contributed by atoms with van der Waals surface area (Å²) in [6.07, 6.45) is 2.78. The van der Waals surface area contributed by atoms with Gasteiger partial charge >= 0.3 is 0 Å². The number of hydrogen-bond acceptors (Lipinski definition) is 3. The van der Waals surface area contributed by atoms with Gasteiger partial charge in [-0.05, 0) is 60.4 Å². The molecule has 4 heteroatoms. The highest BCUT2D eigenvalue weighted by Gasteiger charge is 2.12. The third-order valence-corrected chi connectivity index (χ3v) is 5.01. The highest BCUT2D eigenvalue weighted by molar-refractivity contribution is 9.10. The van der Waals surface area contributed by atoms with Gasteiger partial charge in [-0.1, -0.05) is 0 Å². The summed E-state index contributed by atoms with van der Waals surface area (Å²) in [5.41, 5.74) is 0. The Hall–Kier alpha value is 0.100. The standard InChI is InChI=1S/C12H19BrN2S/c1-14(7-8-15-5-2-3-6-15)10-12-11(13)4-9-16-12/h4,9H,2-3,5-8,10H2,1H3. The lowest BCUT2D eigenvalue weighted by Crippen LogP contribution is -2.31. The summed E-state index contributed by atoms with van der Waals surface area (Å²) in [5, 5.41) is 2.15. The van der Waals surface area contributed by atoms with Crippen molar-refractivity contribution in [3.05, 3.63) is 20.8 Å². The van der Waals surface area contributed by atoms with Crippen molar-refractivity contribution in [2.75, 3.05) is 33.2 Å². The Balaban J connectivity index is 1.71. The number of hydrogen-bond donors (Lipinski definition) is 0. The minimum Gasteiger partial charge on any atom is -0.302 e. The normalized spacial score (nSPS) is 17.4. The summed E-state index contributed by atoms with van der Waals surface area (Å²) in [7, 11) is 2.21. The summed E-state index contributed by atoms with van der Waals surface area (Å²) in [6.45, 7) is 6.06. The molecule has 1 fully saturated rings. The molecule has 1 aromatic heterocycles. The van der Waals surface area contributed by atoms with Crippen LogP contribution in [0.5, 0.6) is 0 Å². The van der Waals surface area contributed by atoms with Crippen LogP contribution in [0.4, 0.5) is 0 Å². The van der Waals surface area contributed by atoms with E-state index in [0.717, 1.165) is 6.54 Å². The van der Waals surface area contributed by atoms with Gasteiger partial charge in [0, 0.05) is 29.0 Å². The molecule has 0 radical (unpaired) electrons. The quantitative estimate of drug-likeness (QED) is 0.825. The Labute approximate surface area is 110 Å². The zero-order valence-corrected chi connectivity index (χ0v) is 12.2. The molecule has 1 saturated heterocycles. The van der Waals surface area contributed by atoms with Crippen molar-refractivity contribution >= 4 is 27.3 Å². The second-order valence-electron chi connectivity index (χ2n) is 4.48. The first-order chi connectivity index (χ1) is 7.75. The minimum atomic E-state index is 1.06. The molecule has 0 aromatic carbocycles. The number of nitrogens with zero attached hydrogens (tertiary/aromatic N) is 2. The van der Waals surface area contributed by atoms with E-state index in [1.54, 1.807) is 0 Å². The first-order valence-corrected chi connectivity index (χ1v) is 7.56. The van der Waals surface area contributed by atoms with Gasteiger partial charge in [0.1, 0.15) is 0 Å². The van der Waals surface area contributed by atoms with Gasteiger partial charge in [0.15, 0.2) is 0 Å². The predicted molar refractivity (Wildman–Crippen MR) is 74.0 cm³/mol. The number of halogens is 1. The van der Waals surface area contributed by atoms with Gasteiger partial charge < -0.3 is 4.90 Å². The minimum absolute atomic E-state index is 1.06. The SMILES string of the molecule is CN(CCN1CCCC1)Cc1sccc1Br. The fraction of sp³-hybridized carbons (Fsp3) is 0.667. The van der Waals surface area contributed by atoms with Crippen LogP contribution in [0.25, 0.3) is 0 Å². The maximum Gasteiger partial charge on any atom is 0.0336 e. The maximum absolute atomic E-state index is 3.59. The van der Waals surface area contributed by atoms with E-state index >= 15 is 0 Å². The monoisotopic (exact) mass is 302 g/mol. The Morgan fingerprint density at radius 1 is 1.44 bits per heavy atom. The summed E-state index contributed by atoms with van der Waals surface area (Å²) in [4.78, 5) is 6.42. The lowest BCUT2D eigenvalue weighted by Gasteiger charge is -2.20. The molecule has 2 heterocycles. The van der Waals surface area contributed by atoms with Crippen LogP contribution in [-0.4, -0.2) is 43.0 Å². The lowest BCUT2D eigenvalue weighted by molar-refractivity contribution is 0.253. The fourth-order valence-corrected chi connectivity index (χ4v) is 3.64. The maximum atomic E-state index is 3.59. The van der Waals surface area contributed by atoms with Crippen molar-refractivity contribution in [1.29, 1.82) is 0 Å². The van der Waals surface area contributed by atoms with Crippen LogP contribution in [0.2, 0.25) is 0 Å². The number of thiophene rings is 1. The molecular formula is C12H19BrN2S. The average molecular weight is 303 g/mol. The molecule has 0 saturated carbocycles. The largest absolute Gasteiger partial charge is 0.302 e. The van der Waals surface area contributed by atoms with Crippen molar-refractivity contribution in [3.8, 4) is 0 Å². The summed E-state index contributed by atoms with van der Waals surface area (Å²) >= 11 is 5.42. The van der Waals surface area contributed by atoms with E-state index in [1.165, 1.54) is 48.4 Å². The Kier molecular flexibility index (Phi) is 4.82. The van der Waals surface area contributed by atoms with Crippen molar-refractivity contribution in [3.63, 3.8) is 0 Å². The molecule has 1 aliphatic heterocycles. The lowest BCUT2D eigenvalue weighted by atomic mass is 10.4. The van der Waals surface area contributed by atoms with Gasteiger partial charge in [0.05, 0.1) is 0 Å². The summed E-state index contributed by atoms with van der Waals surface area (Å²) in [5.74, 6) is 0. The Morgan fingerprint density at radius 2 is 2.19 bits per heavy atom. The van der Waals surface area contributed by atoms with E-state index in [0.29, 0.717) is 0 Å². The van der Waals surface area contributed by atoms with E-state index in [9.17, 15) is 0 Å². The second-order valence-corrected chi connectivity index (χ2v) is 6.33. The second kappa shape index (κ2) is 6.15. The van der Waals surface area contributed by atoms with Crippen molar-refractivity contribution in [1.82, 2.24) is 9.80 Å². The van der Waals surface area contributed by atoms with Gasteiger partial charge in [-0.3, -0.25) is 4.90 Å². The first kappa shape index (κ1) is 12.6. The molecule has 0 aliphatic carbocycles. The van der Waals surface area contributed by atoms with Crippen molar-refractivity contribution < 1.29 is 0 Å². The molecule has 0 unspecified atom stereocenters. The summed E-state index contributed by atoms with van der Waals surface area (Å²) < 4.78 is 1.26. The molecule has 0 N–H and O–H groups in total. The van der Waals surface area contributed by atoms with Crippen LogP contribution in [0.3, 0.4) is 0 Å². The Bertz CT molecular complexity index is 321. The van der Waals surface area contributed by atoms with Gasteiger partial charge in [0.2, 0.25) is 0 Å². The fourth-order valence-electron chi connectivity index (χ4n) is 2.08. The third kappa shape index (κ3) is 3.55. The molecule has 0 bridgehead atoms. The number of rotatable bonds is 5. The number of likely N-dealkylation sites (N-methyl/N-ethyl adjacent to an activating group) is 1. The van der Waals surface area contributed by atoms with Gasteiger partial charge in [0.25, 0.3) is 0 Å². The molecule has 90 valence electrons. The predicted octanol–water partition coefficient (Wildman–Crippen LogP) is 3.04. The molecule has 1 aliphatic rings. The molecule has 1 aromatic rings. The van der Waals surface area contributed by atoms with Crippen LogP contribution < -0.4 is 0 Å².